The Bertz CT molecular complexity index is 677. The van der Waals surface area contributed by atoms with Crippen LogP contribution in [0.3, 0.4) is 0 Å². The SMILES string of the molecule is COc1cc(-c2ccccc2)c2ccccc2n1. The minimum absolute atomic E-state index is 0.646. The zero-order chi connectivity index (χ0) is 12.4. The van der Waals surface area contributed by atoms with Gasteiger partial charge in [0.25, 0.3) is 0 Å². The third-order valence-corrected chi connectivity index (χ3v) is 2.99. The summed E-state index contributed by atoms with van der Waals surface area (Å²) in [6.07, 6.45) is 0. The third-order valence-electron chi connectivity index (χ3n) is 2.99. The Morgan fingerprint density at radius 2 is 1.61 bits per heavy atom. The first-order chi connectivity index (χ1) is 8.88. The van der Waals surface area contributed by atoms with Crippen LogP contribution in [0.25, 0.3) is 22.0 Å². The van der Waals surface area contributed by atoms with Crippen LogP contribution in [0.1, 0.15) is 0 Å². The highest BCUT2D eigenvalue weighted by atomic mass is 16.5. The molecule has 0 spiro atoms. The monoisotopic (exact) mass is 235 g/mol. The van der Waals surface area contributed by atoms with Crippen molar-refractivity contribution in [3.05, 3.63) is 60.7 Å². The molecule has 0 aliphatic rings. The average Bonchev–Trinajstić information content (AvgIpc) is 2.47. The largest absolute Gasteiger partial charge is 0.481 e. The van der Waals surface area contributed by atoms with Gasteiger partial charge in [-0.25, -0.2) is 4.98 Å². The van der Waals surface area contributed by atoms with Crippen LogP contribution in [0.5, 0.6) is 5.88 Å². The van der Waals surface area contributed by atoms with Gasteiger partial charge < -0.3 is 4.74 Å². The van der Waals surface area contributed by atoms with Gasteiger partial charge in [0.05, 0.1) is 12.6 Å². The van der Waals surface area contributed by atoms with Crippen molar-refractivity contribution in [2.75, 3.05) is 7.11 Å². The van der Waals surface area contributed by atoms with Crippen LogP contribution < -0.4 is 4.74 Å². The quantitative estimate of drug-likeness (QED) is 0.671. The highest BCUT2D eigenvalue weighted by Gasteiger charge is 2.07. The molecule has 2 heteroatoms. The minimum atomic E-state index is 0.646. The maximum atomic E-state index is 5.27. The highest BCUT2D eigenvalue weighted by molar-refractivity contribution is 5.95. The molecule has 0 bridgehead atoms. The second-order valence-corrected chi connectivity index (χ2v) is 4.10. The number of nitrogens with zero attached hydrogens (tertiary/aromatic N) is 1. The van der Waals surface area contributed by atoms with Crippen molar-refractivity contribution in [1.82, 2.24) is 4.98 Å². The maximum absolute atomic E-state index is 5.27. The van der Waals surface area contributed by atoms with Crippen molar-refractivity contribution in [3.63, 3.8) is 0 Å². The Balaban J connectivity index is 2.33. The van der Waals surface area contributed by atoms with Crippen LogP contribution in [-0.4, -0.2) is 12.1 Å². The highest BCUT2D eigenvalue weighted by Crippen LogP contribution is 2.30. The van der Waals surface area contributed by atoms with E-state index in [1.165, 1.54) is 5.56 Å². The van der Waals surface area contributed by atoms with Gasteiger partial charge in [-0.05, 0) is 17.2 Å². The van der Waals surface area contributed by atoms with Crippen LogP contribution in [0.15, 0.2) is 60.7 Å². The fraction of sp³-hybridized carbons (Fsp3) is 0.0625. The molecular formula is C16H13NO. The number of fused-ring (bicyclic) bond motifs is 1. The van der Waals surface area contributed by atoms with E-state index in [4.69, 9.17) is 4.74 Å². The summed E-state index contributed by atoms with van der Waals surface area (Å²) in [6, 6.07) is 20.4. The summed E-state index contributed by atoms with van der Waals surface area (Å²) in [7, 11) is 1.64. The van der Waals surface area contributed by atoms with E-state index >= 15 is 0 Å². The first kappa shape index (κ1) is 10.8. The molecule has 2 aromatic carbocycles. The molecule has 3 rings (SSSR count). The number of hydrogen-bond donors (Lipinski definition) is 0. The van der Waals surface area contributed by atoms with Crippen molar-refractivity contribution in [1.29, 1.82) is 0 Å². The Morgan fingerprint density at radius 1 is 0.889 bits per heavy atom. The Kier molecular flexibility index (Phi) is 2.69. The first-order valence-corrected chi connectivity index (χ1v) is 5.87. The number of aromatic nitrogens is 1. The second-order valence-electron chi connectivity index (χ2n) is 4.10. The maximum Gasteiger partial charge on any atom is 0.214 e. The summed E-state index contributed by atoms with van der Waals surface area (Å²) in [5, 5.41) is 1.14. The normalized spacial score (nSPS) is 10.5. The molecule has 18 heavy (non-hydrogen) atoms. The van der Waals surface area contributed by atoms with Gasteiger partial charge in [0, 0.05) is 11.5 Å². The van der Waals surface area contributed by atoms with E-state index in [9.17, 15) is 0 Å². The van der Waals surface area contributed by atoms with Crippen molar-refractivity contribution in [3.8, 4) is 17.0 Å². The van der Waals surface area contributed by atoms with E-state index in [1.54, 1.807) is 7.11 Å². The van der Waals surface area contributed by atoms with E-state index in [1.807, 2.05) is 42.5 Å². The number of hydrogen-bond acceptors (Lipinski definition) is 2. The van der Waals surface area contributed by atoms with E-state index in [2.05, 4.69) is 23.2 Å². The zero-order valence-corrected chi connectivity index (χ0v) is 10.1. The van der Waals surface area contributed by atoms with Crippen LogP contribution in [0, 0.1) is 0 Å². The van der Waals surface area contributed by atoms with E-state index in [0.29, 0.717) is 5.88 Å². The summed E-state index contributed by atoms with van der Waals surface area (Å²) in [6.45, 7) is 0. The number of methoxy groups -OCH3 is 1. The summed E-state index contributed by atoms with van der Waals surface area (Å²) < 4.78 is 5.27. The van der Waals surface area contributed by atoms with E-state index in [-0.39, 0.29) is 0 Å². The molecule has 3 aromatic rings. The van der Waals surface area contributed by atoms with E-state index in [0.717, 1.165) is 16.5 Å². The molecule has 0 saturated heterocycles. The van der Waals surface area contributed by atoms with E-state index < -0.39 is 0 Å². The fourth-order valence-electron chi connectivity index (χ4n) is 2.11. The summed E-state index contributed by atoms with van der Waals surface area (Å²) in [4.78, 5) is 4.46. The molecule has 88 valence electrons. The lowest BCUT2D eigenvalue weighted by Crippen LogP contribution is -1.90. The molecule has 0 aliphatic carbocycles. The molecule has 0 amide bonds. The Morgan fingerprint density at radius 3 is 2.39 bits per heavy atom. The summed E-state index contributed by atoms with van der Waals surface area (Å²) in [5.41, 5.74) is 3.28. The Hall–Kier alpha value is -2.35. The topological polar surface area (TPSA) is 22.1 Å². The number of benzene rings is 2. The molecule has 0 atom stereocenters. The van der Waals surface area contributed by atoms with Gasteiger partial charge in [-0.1, -0.05) is 48.5 Å². The molecule has 0 unspecified atom stereocenters. The lowest BCUT2D eigenvalue weighted by atomic mass is 10.0. The van der Waals surface area contributed by atoms with Gasteiger partial charge in [-0.3, -0.25) is 0 Å². The molecule has 0 aliphatic heterocycles. The van der Waals surface area contributed by atoms with Crippen LogP contribution in [-0.2, 0) is 0 Å². The Labute approximate surface area is 106 Å². The molecule has 0 radical (unpaired) electrons. The van der Waals surface area contributed by atoms with Crippen LogP contribution >= 0.6 is 0 Å². The average molecular weight is 235 g/mol. The van der Waals surface area contributed by atoms with Crippen LogP contribution in [0.2, 0.25) is 0 Å². The van der Waals surface area contributed by atoms with Gasteiger partial charge in [0.2, 0.25) is 5.88 Å². The van der Waals surface area contributed by atoms with Crippen molar-refractivity contribution in [2.45, 2.75) is 0 Å². The molecule has 0 N–H and O–H groups in total. The number of rotatable bonds is 2. The molecular weight excluding hydrogens is 222 g/mol. The zero-order valence-electron chi connectivity index (χ0n) is 10.1. The molecule has 1 aromatic heterocycles. The predicted molar refractivity (Wildman–Crippen MR) is 73.7 cm³/mol. The summed E-state index contributed by atoms with van der Waals surface area (Å²) in [5.74, 6) is 0.646. The van der Waals surface area contributed by atoms with Crippen molar-refractivity contribution < 1.29 is 4.74 Å². The van der Waals surface area contributed by atoms with Gasteiger partial charge in [-0.2, -0.15) is 0 Å². The number of pyridine rings is 1. The van der Waals surface area contributed by atoms with Crippen molar-refractivity contribution >= 4 is 10.9 Å². The molecule has 1 heterocycles. The molecule has 0 saturated carbocycles. The fourth-order valence-corrected chi connectivity index (χ4v) is 2.11. The second kappa shape index (κ2) is 4.49. The lowest BCUT2D eigenvalue weighted by molar-refractivity contribution is 0.400. The van der Waals surface area contributed by atoms with Crippen LogP contribution in [0.4, 0.5) is 0 Å². The van der Waals surface area contributed by atoms with Gasteiger partial charge in [0.15, 0.2) is 0 Å². The van der Waals surface area contributed by atoms with Gasteiger partial charge >= 0.3 is 0 Å². The van der Waals surface area contributed by atoms with Crippen molar-refractivity contribution in [2.24, 2.45) is 0 Å². The molecule has 2 nitrogen and oxygen atoms in total. The lowest BCUT2D eigenvalue weighted by Gasteiger charge is -2.08. The van der Waals surface area contributed by atoms with Gasteiger partial charge in [-0.15, -0.1) is 0 Å². The van der Waals surface area contributed by atoms with Gasteiger partial charge in [0.1, 0.15) is 0 Å². The first-order valence-electron chi connectivity index (χ1n) is 5.87. The number of para-hydroxylation sites is 1. The number of ether oxygens (including phenoxy) is 1. The smallest absolute Gasteiger partial charge is 0.214 e. The molecule has 0 fully saturated rings. The predicted octanol–water partition coefficient (Wildman–Crippen LogP) is 3.91. The minimum Gasteiger partial charge on any atom is -0.481 e. The standard InChI is InChI=1S/C16H13NO/c1-18-16-11-14(12-7-3-2-4-8-12)13-9-5-6-10-15(13)17-16/h2-11H,1H3. The third kappa shape index (κ3) is 1.82. The summed E-state index contributed by atoms with van der Waals surface area (Å²) >= 11 is 0.